The van der Waals surface area contributed by atoms with Crippen LogP contribution in [0.15, 0.2) is 97.0 Å². The average molecular weight is 426 g/mol. The minimum absolute atomic E-state index is 0.216. The molecule has 0 aliphatic rings. The van der Waals surface area contributed by atoms with Gasteiger partial charge in [0.05, 0.1) is 16.9 Å². The number of hydrogen-bond donors (Lipinski definition) is 1. The molecule has 154 valence electrons. The third-order valence-corrected chi connectivity index (χ3v) is 6.24. The number of benzene rings is 2. The van der Waals surface area contributed by atoms with E-state index in [4.69, 9.17) is 5.10 Å². The van der Waals surface area contributed by atoms with Crippen LogP contribution in [-0.2, 0) is 6.54 Å². The van der Waals surface area contributed by atoms with Gasteiger partial charge in [0.15, 0.2) is 0 Å². The quantitative estimate of drug-likeness (QED) is 0.367. The Labute approximate surface area is 185 Å². The molecule has 5 aromatic rings. The number of imidazole rings is 1. The van der Waals surface area contributed by atoms with Gasteiger partial charge in [-0.15, -0.1) is 11.3 Å². The van der Waals surface area contributed by atoms with Crippen molar-refractivity contribution in [1.29, 1.82) is 0 Å². The number of para-hydroxylation sites is 1. The lowest BCUT2D eigenvalue weighted by molar-refractivity contribution is 0.575. The van der Waals surface area contributed by atoms with Gasteiger partial charge in [0, 0.05) is 42.4 Å². The Morgan fingerprint density at radius 1 is 0.968 bits per heavy atom. The first-order valence-corrected chi connectivity index (χ1v) is 11.2. The first-order chi connectivity index (χ1) is 15.3. The average Bonchev–Trinajstić information content (AvgIpc) is 3.60. The zero-order chi connectivity index (χ0) is 21.0. The van der Waals surface area contributed by atoms with Crippen LogP contribution in [0.3, 0.4) is 0 Å². The second kappa shape index (κ2) is 8.71. The molecule has 0 saturated heterocycles. The number of rotatable bonds is 7. The molecule has 0 amide bonds. The monoisotopic (exact) mass is 425 g/mol. The van der Waals surface area contributed by atoms with Crippen molar-refractivity contribution in [3.8, 4) is 21.9 Å². The van der Waals surface area contributed by atoms with Crippen molar-refractivity contribution >= 4 is 11.3 Å². The van der Waals surface area contributed by atoms with E-state index in [9.17, 15) is 0 Å². The highest BCUT2D eigenvalue weighted by atomic mass is 32.1. The van der Waals surface area contributed by atoms with Gasteiger partial charge in [-0.1, -0.05) is 36.4 Å². The van der Waals surface area contributed by atoms with Gasteiger partial charge < -0.3 is 9.88 Å². The maximum absolute atomic E-state index is 4.89. The normalized spacial score (nSPS) is 12.2. The fraction of sp³-hybridized carbons (Fsp3) is 0.120. The Kier molecular flexibility index (Phi) is 5.48. The first kappa shape index (κ1) is 19.5. The van der Waals surface area contributed by atoms with Crippen molar-refractivity contribution in [2.75, 3.05) is 0 Å². The molecular weight excluding hydrogens is 402 g/mol. The van der Waals surface area contributed by atoms with Crippen LogP contribution in [0.4, 0.5) is 0 Å². The summed E-state index contributed by atoms with van der Waals surface area (Å²) in [5, 5.41) is 10.7. The Hall–Kier alpha value is -3.48. The second-order valence-corrected chi connectivity index (χ2v) is 8.37. The van der Waals surface area contributed by atoms with E-state index in [1.807, 2.05) is 40.0 Å². The highest BCUT2D eigenvalue weighted by Gasteiger charge is 2.14. The van der Waals surface area contributed by atoms with E-state index in [1.54, 1.807) is 17.5 Å². The summed E-state index contributed by atoms with van der Waals surface area (Å²) in [5.74, 6) is 0. The van der Waals surface area contributed by atoms with E-state index in [2.05, 4.69) is 77.3 Å². The van der Waals surface area contributed by atoms with Crippen molar-refractivity contribution in [1.82, 2.24) is 24.6 Å². The Bertz CT molecular complexity index is 1220. The molecule has 3 heterocycles. The van der Waals surface area contributed by atoms with Crippen molar-refractivity contribution < 1.29 is 0 Å². The van der Waals surface area contributed by atoms with Gasteiger partial charge in [-0.05, 0) is 48.2 Å². The molecule has 1 N–H and O–H groups in total. The SMILES string of the molecule is C[C@@H](NCc1cn(-c2ccccc2)nc1-c1cccs1)c1ccc(-n2ccnc2)cc1. The fourth-order valence-electron chi connectivity index (χ4n) is 3.60. The fourth-order valence-corrected chi connectivity index (χ4v) is 4.35. The number of nitrogens with zero attached hydrogens (tertiary/aromatic N) is 4. The van der Waals surface area contributed by atoms with Gasteiger partial charge in [0.25, 0.3) is 0 Å². The number of aromatic nitrogens is 4. The third kappa shape index (κ3) is 4.21. The minimum Gasteiger partial charge on any atom is -0.306 e. The number of thiophene rings is 1. The first-order valence-electron chi connectivity index (χ1n) is 10.3. The molecule has 0 saturated carbocycles. The van der Waals surface area contributed by atoms with Gasteiger partial charge in [-0.2, -0.15) is 5.10 Å². The Balaban J connectivity index is 1.35. The molecular formula is C25H23N5S. The molecule has 0 aliphatic carbocycles. The van der Waals surface area contributed by atoms with Crippen LogP contribution < -0.4 is 5.32 Å². The lowest BCUT2D eigenvalue weighted by Crippen LogP contribution is -2.18. The molecule has 3 aromatic heterocycles. The summed E-state index contributed by atoms with van der Waals surface area (Å²) in [6.07, 6.45) is 7.69. The van der Waals surface area contributed by atoms with E-state index in [0.717, 1.165) is 23.6 Å². The number of nitrogens with one attached hydrogen (secondary N) is 1. The summed E-state index contributed by atoms with van der Waals surface area (Å²) in [7, 11) is 0. The van der Waals surface area contributed by atoms with Crippen LogP contribution in [0.25, 0.3) is 21.9 Å². The van der Waals surface area contributed by atoms with Gasteiger partial charge in [0.1, 0.15) is 5.69 Å². The number of hydrogen-bond acceptors (Lipinski definition) is 4. The van der Waals surface area contributed by atoms with Crippen LogP contribution in [0.5, 0.6) is 0 Å². The maximum Gasteiger partial charge on any atom is 0.107 e. The van der Waals surface area contributed by atoms with E-state index in [-0.39, 0.29) is 6.04 Å². The van der Waals surface area contributed by atoms with Crippen molar-refractivity contribution in [2.45, 2.75) is 19.5 Å². The molecule has 0 fully saturated rings. The molecule has 31 heavy (non-hydrogen) atoms. The summed E-state index contributed by atoms with van der Waals surface area (Å²) in [6, 6.07) is 23.3. The zero-order valence-corrected chi connectivity index (χ0v) is 18.0. The summed E-state index contributed by atoms with van der Waals surface area (Å²) < 4.78 is 3.98. The van der Waals surface area contributed by atoms with Crippen LogP contribution in [-0.4, -0.2) is 19.3 Å². The van der Waals surface area contributed by atoms with Crippen molar-refractivity contribution in [3.63, 3.8) is 0 Å². The van der Waals surface area contributed by atoms with Crippen molar-refractivity contribution in [3.05, 3.63) is 108 Å². The lowest BCUT2D eigenvalue weighted by Gasteiger charge is -2.15. The summed E-state index contributed by atoms with van der Waals surface area (Å²) in [4.78, 5) is 5.30. The Morgan fingerprint density at radius 3 is 2.52 bits per heavy atom. The topological polar surface area (TPSA) is 47.7 Å². The summed E-state index contributed by atoms with van der Waals surface area (Å²) in [5.41, 5.74) is 5.64. The molecule has 5 nitrogen and oxygen atoms in total. The van der Waals surface area contributed by atoms with Crippen LogP contribution in [0.2, 0.25) is 0 Å². The highest BCUT2D eigenvalue weighted by molar-refractivity contribution is 7.13. The van der Waals surface area contributed by atoms with E-state index < -0.39 is 0 Å². The minimum atomic E-state index is 0.216. The molecule has 6 heteroatoms. The van der Waals surface area contributed by atoms with Gasteiger partial charge in [0.2, 0.25) is 0 Å². The lowest BCUT2D eigenvalue weighted by atomic mass is 10.1. The van der Waals surface area contributed by atoms with E-state index in [1.165, 1.54) is 16.0 Å². The predicted octanol–water partition coefficient (Wildman–Crippen LogP) is 5.64. The predicted molar refractivity (Wildman–Crippen MR) is 126 cm³/mol. The molecule has 0 spiro atoms. The van der Waals surface area contributed by atoms with Gasteiger partial charge in [-0.3, -0.25) is 0 Å². The van der Waals surface area contributed by atoms with E-state index >= 15 is 0 Å². The second-order valence-electron chi connectivity index (χ2n) is 7.42. The molecule has 2 aromatic carbocycles. The van der Waals surface area contributed by atoms with Crippen LogP contribution in [0.1, 0.15) is 24.1 Å². The van der Waals surface area contributed by atoms with Gasteiger partial charge in [-0.25, -0.2) is 9.67 Å². The molecule has 0 radical (unpaired) electrons. The molecule has 0 aliphatic heterocycles. The van der Waals surface area contributed by atoms with Crippen LogP contribution >= 0.6 is 11.3 Å². The largest absolute Gasteiger partial charge is 0.306 e. The van der Waals surface area contributed by atoms with Gasteiger partial charge >= 0.3 is 0 Å². The molecule has 0 unspecified atom stereocenters. The van der Waals surface area contributed by atoms with Crippen molar-refractivity contribution in [2.24, 2.45) is 0 Å². The third-order valence-electron chi connectivity index (χ3n) is 5.36. The highest BCUT2D eigenvalue weighted by Crippen LogP contribution is 2.28. The summed E-state index contributed by atoms with van der Waals surface area (Å²) >= 11 is 1.72. The van der Waals surface area contributed by atoms with Crippen LogP contribution in [0, 0.1) is 0 Å². The smallest absolute Gasteiger partial charge is 0.107 e. The maximum atomic E-state index is 4.89. The molecule has 0 bridgehead atoms. The molecule has 1 atom stereocenters. The summed E-state index contributed by atoms with van der Waals surface area (Å²) in [6.45, 7) is 2.93. The molecule has 5 rings (SSSR count). The zero-order valence-electron chi connectivity index (χ0n) is 17.2. The van der Waals surface area contributed by atoms with E-state index in [0.29, 0.717) is 0 Å². The standard InChI is InChI=1S/C25H23N5S/c1-19(20-9-11-22(12-10-20)29-14-13-26-18-29)27-16-21-17-30(23-6-3-2-4-7-23)28-25(21)24-8-5-15-31-24/h2-15,17-19,27H,16H2,1H3/t19-/m1/s1. The Morgan fingerprint density at radius 2 is 1.81 bits per heavy atom.